The molecule has 2 saturated heterocycles. The summed E-state index contributed by atoms with van der Waals surface area (Å²) in [7, 11) is 0. The van der Waals surface area contributed by atoms with Gasteiger partial charge in [0.05, 0.1) is 6.54 Å². The van der Waals surface area contributed by atoms with Crippen molar-refractivity contribution < 1.29 is 4.79 Å². The number of rotatable bonds is 5. The second-order valence-electron chi connectivity index (χ2n) is 6.54. The van der Waals surface area contributed by atoms with Gasteiger partial charge in [-0.2, -0.15) is 0 Å². The number of piperidine rings is 2. The van der Waals surface area contributed by atoms with Crippen LogP contribution in [0.2, 0.25) is 0 Å². The Morgan fingerprint density at radius 1 is 1.20 bits per heavy atom. The first-order valence-corrected chi connectivity index (χ1v) is 8.42. The summed E-state index contributed by atoms with van der Waals surface area (Å²) in [5.74, 6) is 0.929. The number of nitrogens with one attached hydrogen (secondary N) is 1. The number of carbonyl (C=O) groups is 1. The molecular weight excluding hydrogens is 250 g/mol. The van der Waals surface area contributed by atoms with Crippen molar-refractivity contribution in [2.24, 2.45) is 5.92 Å². The van der Waals surface area contributed by atoms with Crippen LogP contribution in [0.15, 0.2) is 0 Å². The summed E-state index contributed by atoms with van der Waals surface area (Å²) in [5, 5.41) is 2.91. The lowest BCUT2D eigenvalue weighted by Crippen LogP contribution is -2.47. The van der Waals surface area contributed by atoms with E-state index in [1.54, 1.807) is 0 Å². The van der Waals surface area contributed by atoms with Crippen molar-refractivity contribution in [2.75, 3.05) is 39.3 Å². The Morgan fingerprint density at radius 3 is 2.80 bits per heavy atom. The van der Waals surface area contributed by atoms with Crippen LogP contribution in [0.25, 0.3) is 0 Å². The average Bonchev–Trinajstić information content (AvgIpc) is 2.42. The standard InChI is InChI=1S/C16H31N3O/c1-3-17-16(20)13-18-9-6-8-15(11-18)12-19-10-5-4-7-14(19)2/h14-15H,3-13H2,1-2H3,(H,17,20). The van der Waals surface area contributed by atoms with Crippen LogP contribution in [0.3, 0.4) is 0 Å². The molecule has 1 N–H and O–H groups in total. The van der Waals surface area contributed by atoms with E-state index in [1.165, 1.54) is 45.2 Å². The highest BCUT2D eigenvalue weighted by Crippen LogP contribution is 2.22. The van der Waals surface area contributed by atoms with Gasteiger partial charge in [-0.15, -0.1) is 0 Å². The molecule has 0 radical (unpaired) electrons. The average molecular weight is 281 g/mol. The number of hydrogen-bond acceptors (Lipinski definition) is 3. The van der Waals surface area contributed by atoms with E-state index in [4.69, 9.17) is 0 Å². The van der Waals surface area contributed by atoms with E-state index < -0.39 is 0 Å². The quantitative estimate of drug-likeness (QED) is 0.833. The summed E-state index contributed by atoms with van der Waals surface area (Å²) in [6.07, 6.45) is 6.68. The third-order valence-electron chi connectivity index (χ3n) is 4.78. The fourth-order valence-electron chi connectivity index (χ4n) is 3.66. The second kappa shape index (κ2) is 7.99. The summed E-state index contributed by atoms with van der Waals surface area (Å²) >= 11 is 0. The molecular formula is C16H31N3O. The van der Waals surface area contributed by atoms with Crippen LogP contribution in [0.1, 0.15) is 46.0 Å². The third-order valence-corrected chi connectivity index (χ3v) is 4.78. The van der Waals surface area contributed by atoms with Crippen molar-refractivity contribution in [1.82, 2.24) is 15.1 Å². The van der Waals surface area contributed by atoms with Crippen molar-refractivity contribution in [1.29, 1.82) is 0 Å². The maximum atomic E-state index is 11.7. The van der Waals surface area contributed by atoms with E-state index in [0.717, 1.165) is 31.6 Å². The molecule has 0 bridgehead atoms. The van der Waals surface area contributed by atoms with Gasteiger partial charge in [0, 0.05) is 25.7 Å². The molecule has 0 spiro atoms. The molecule has 0 aromatic heterocycles. The molecule has 2 atom stereocenters. The Balaban J connectivity index is 1.76. The molecule has 2 fully saturated rings. The minimum Gasteiger partial charge on any atom is -0.355 e. The van der Waals surface area contributed by atoms with Crippen LogP contribution in [0, 0.1) is 5.92 Å². The van der Waals surface area contributed by atoms with Gasteiger partial charge in [0.1, 0.15) is 0 Å². The maximum Gasteiger partial charge on any atom is 0.234 e. The Labute approximate surface area is 123 Å². The van der Waals surface area contributed by atoms with Gasteiger partial charge in [0.2, 0.25) is 5.91 Å². The summed E-state index contributed by atoms with van der Waals surface area (Å²) in [6.45, 7) is 10.4. The number of likely N-dealkylation sites (N-methyl/N-ethyl adjacent to an activating group) is 1. The second-order valence-corrected chi connectivity index (χ2v) is 6.54. The lowest BCUT2D eigenvalue weighted by Gasteiger charge is -2.39. The molecule has 1 amide bonds. The molecule has 2 aliphatic heterocycles. The zero-order chi connectivity index (χ0) is 14.4. The van der Waals surface area contributed by atoms with Crippen LogP contribution in [0.4, 0.5) is 0 Å². The van der Waals surface area contributed by atoms with Crippen LogP contribution in [-0.4, -0.2) is 61.0 Å². The van der Waals surface area contributed by atoms with Crippen molar-refractivity contribution >= 4 is 5.91 Å². The lowest BCUT2D eigenvalue weighted by atomic mass is 9.95. The largest absolute Gasteiger partial charge is 0.355 e. The molecule has 4 nitrogen and oxygen atoms in total. The summed E-state index contributed by atoms with van der Waals surface area (Å²) in [4.78, 5) is 16.7. The van der Waals surface area contributed by atoms with Crippen LogP contribution in [-0.2, 0) is 4.79 Å². The zero-order valence-corrected chi connectivity index (χ0v) is 13.2. The van der Waals surface area contributed by atoms with Gasteiger partial charge < -0.3 is 10.2 Å². The molecule has 20 heavy (non-hydrogen) atoms. The number of likely N-dealkylation sites (tertiary alicyclic amines) is 2. The molecule has 0 saturated carbocycles. The first kappa shape index (κ1) is 15.8. The fourth-order valence-corrected chi connectivity index (χ4v) is 3.66. The SMILES string of the molecule is CCNC(=O)CN1CCCC(CN2CCCCC2C)C1. The molecule has 2 heterocycles. The van der Waals surface area contributed by atoms with Crippen LogP contribution >= 0.6 is 0 Å². The van der Waals surface area contributed by atoms with E-state index in [-0.39, 0.29) is 5.91 Å². The number of nitrogens with zero attached hydrogens (tertiary/aromatic N) is 2. The van der Waals surface area contributed by atoms with Crippen LogP contribution in [0.5, 0.6) is 0 Å². The van der Waals surface area contributed by atoms with E-state index in [9.17, 15) is 4.79 Å². The monoisotopic (exact) mass is 281 g/mol. The van der Waals surface area contributed by atoms with Crippen LogP contribution < -0.4 is 5.32 Å². The highest BCUT2D eigenvalue weighted by molar-refractivity contribution is 5.77. The highest BCUT2D eigenvalue weighted by atomic mass is 16.2. The van der Waals surface area contributed by atoms with Gasteiger partial charge in [-0.25, -0.2) is 0 Å². The smallest absolute Gasteiger partial charge is 0.234 e. The Bertz CT molecular complexity index is 308. The molecule has 2 aliphatic rings. The van der Waals surface area contributed by atoms with E-state index in [2.05, 4.69) is 22.0 Å². The normalized spacial score (nSPS) is 29.3. The van der Waals surface area contributed by atoms with Gasteiger partial charge in [-0.1, -0.05) is 6.42 Å². The zero-order valence-electron chi connectivity index (χ0n) is 13.2. The predicted molar refractivity (Wildman–Crippen MR) is 82.7 cm³/mol. The summed E-state index contributed by atoms with van der Waals surface area (Å²) < 4.78 is 0. The van der Waals surface area contributed by atoms with E-state index in [1.807, 2.05) is 6.92 Å². The molecule has 4 heteroatoms. The van der Waals surface area contributed by atoms with Gasteiger partial charge in [0.25, 0.3) is 0 Å². The lowest BCUT2D eigenvalue weighted by molar-refractivity contribution is -0.122. The topological polar surface area (TPSA) is 35.6 Å². The van der Waals surface area contributed by atoms with Gasteiger partial charge in [-0.3, -0.25) is 9.69 Å². The van der Waals surface area contributed by atoms with E-state index >= 15 is 0 Å². The van der Waals surface area contributed by atoms with Crippen molar-refractivity contribution in [3.63, 3.8) is 0 Å². The Kier molecular flexibility index (Phi) is 6.30. The van der Waals surface area contributed by atoms with E-state index in [0.29, 0.717) is 6.54 Å². The number of amides is 1. The molecule has 0 aromatic carbocycles. The van der Waals surface area contributed by atoms with Crippen molar-refractivity contribution in [2.45, 2.75) is 52.0 Å². The molecule has 0 aromatic rings. The molecule has 2 rings (SSSR count). The van der Waals surface area contributed by atoms with Gasteiger partial charge in [-0.05, 0) is 58.5 Å². The third kappa shape index (κ3) is 4.74. The fraction of sp³-hybridized carbons (Fsp3) is 0.938. The van der Waals surface area contributed by atoms with Crippen molar-refractivity contribution in [3.05, 3.63) is 0 Å². The van der Waals surface area contributed by atoms with Gasteiger partial charge >= 0.3 is 0 Å². The highest BCUT2D eigenvalue weighted by Gasteiger charge is 2.26. The molecule has 0 aliphatic carbocycles. The maximum absolute atomic E-state index is 11.7. The minimum absolute atomic E-state index is 0.180. The summed E-state index contributed by atoms with van der Waals surface area (Å²) in [5.41, 5.74) is 0. The molecule has 2 unspecified atom stereocenters. The van der Waals surface area contributed by atoms with Gasteiger partial charge in [0.15, 0.2) is 0 Å². The minimum atomic E-state index is 0.180. The van der Waals surface area contributed by atoms with Crippen molar-refractivity contribution in [3.8, 4) is 0 Å². The molecule has 116 valence electrons. The first-order valence-electron chi connectivity index (χ1n) is 8.42. The predicted octanol–water partition coefficient (Wildman–Crippen LogP) is 1.71. The summed E-state index contributed by atoms with van der Waals surface area (Å²) in [6, 6.07) is 0.752. The Morgan fingerprint density at radius 2 is 2.05 bits per heavy atom. The number of hydrogen-bond donors (Lipinski definition) is 1. The Hall–Kier alpha value is -0.610. The number of carbonyl (C=O) groups excluding carboxylic acids is 1. The first-order chi connectivity index (χ1) is 9.69.